The van der Waals surface area contributed by atoms with Crippen LogP contribution in [0.4, 0.5) is 0 Å². The molecule has 0 bridgehead atoms. The van der Waals surface area contributed by atoms with Crippen molar-refractivity contribution in [3.05, 3.63) is 0 Å². The maximum absolute atomic E-state index is 10.9. The molecule has 3 nitrogen and oxygen atoms in total. The van der Waals surface area contributed by atoms with Gasteiger partial charge in [0.05, 0.1) is 0 Å². The van der Waals surface area contributed by atoms with Gasteiger partial charge in [0.1, 0.15) is 0 Å². The second-order valence-electron chi connectivity index (χ2n) is 5.64. The third-order valence-electron chi connectivity index (χ3n) is 3.72. The van der Waals surface area contributed by atoms with Crippen LogP contribution < -0.4 is 11.3 Å². The van der Waals surface area contributed by atoms with Gasteiger partial charge in [0, 0.05) is 6.42 Å². The normalized spacial score (nSPS) is 10.7. The maximum Gasteiger partial charge on any atom is 0.233 e. The van der Waals surface area contributed by atoms with Gasteiger partial charge in [0.2, 0.25) is 5.91 Å². The van der Waals surface area contributed by atoms with Gasteiger partial charge in [-0.25, -0.2) is 5.84 Å². The lowest BCUT2D eigenvalue weighted by atomic mass is 10.0. The molecule has 0 aliphatic rings. The van der Waals surface area contributed by atoms with E-state index >= 15 is 0 Å². The largest absolute Gasteiger partial charge is 0.294 e. The lowest BCUT2D eigenvalue weighted by Crippen LogP contribution is -2.29. The van der Waals surface area contributed by atoms with E-state index in [-0.39, 0.29) is 5.91 Å². The molecule has 0 saturated heterocycles. The van der Waals surface area contributed by atoms with Crippen LogP contribution >= 0.6 is 12.6 Å². The predicted octanol–water partition coefficient (Wildman–Crippen LogP) is 4.37. The highest BCUT2D eigenvalue weighted by Gasteiger charge is 1.97. The Balaban J connectivity index is 2.97. The molecule has 0 aliphatic heterocycles. The van der Waals surface area contributed by atoms with E-state index in [1.165, 1.54) is 70.6 Å². The number of amides is 1. The van der Waals surface area contributed by atoms with Crippen LogP contribution in [0.1, 0.15) is 89.9 Å². The van der Waals surface area contributed by atoms with Crippen molar-refractivity contribution in [2.45, 2.75) is 89.9 Å². The summed E-state index contributed by atoms with van der Waals surface area (Å²) in [7, 11) is 0. The van der Waals surface area contributed by atoms with Gasteiger partial charge < -0.3 is 0 Å². The van der Waals surface area contributed by atoms with Crippen molar-refractivity contribution >= 4 is 18.5 Å². The van der Waals surface area contributed by atoms with E-state index in [0.717, 1.165) is 18.6 Å². The maximum atomic E-state index is 10.9. The first-order valence-corrected chi connectivity index (χ1v) is 9.05. The molecule has 0 rings (SSSR count). The number of hydrogen-bond acceptors (Lipinski definition) is 3. The Bertz CT molecular complexity index is 213. The summed E-state index contributed by atoms with van der Waals surface area (Å²) in [5.41, 5.74) is 2.17. The molecule has 1 amide bonds. The number of hydrazine groups is 1. The molecule has 4 heteroatoms. The van der Waals surface area contributed by atoms with Crippen molar-refractivity contribution in [3.8, 4) is 0 Å². The summed E-state index contributed by atoms with van der Waals surface area (Å²) in [6, 6.07) is 0. The molecule has 120 valence electrons. The van der Waals surface area contributed by atoms with Crippen molar-refractivity contribution in [1.82, 2.24) is 5.43 Å². The third-order valence-corrected chi connectivity index (χ3v) is 4.04. The summed E-state index contributed by atoms with van der Waals surface area (Å²) in [6.45, 7) is 0. The number of nitrogens with one attached hydrogen (secondary N) is 1. The number of nitrogens with two attached hydrogens (primary N) is 1. The van der Waals surface area contributed by atoms with E-state index in [9.17, 15) is 4.79 Å². The summed E-state index contributed by atoms with van der Waals surface area (Å²) in [6.07, 6.45) is 17.6. The minimum atomic E-state index is -0.0423. The zero-order valence-electron chi connectivity index (χ0n) is 13.0. The molecular weight excluding hydrogens is 268 g/mol. The van der Waals surface area contributed by atoms with Gasteiger partial charge in [0.15, 0.2) is 0 Å². The van der Waals surface area contributed by atoms with Crippen LogP contribution in [0.25, 0.3) is 0 Å². The summed E-state index contributed by atoms with van der Waals surface area (Å²) < 4.78 is 0. The molecule has 0 saturated carbocycles. The van der Waals surface area contributed by atoms with Crippen LogP contribution in [-0.4, -0.2) is 11.7 Å². The Morgan fingerprint density at radius 3 is 1.40 bits per heavy atom. The number of carbonyl (C=O) groups is 1. The Morgan fingerprint density at radius 1 is 0.700 bits per heavy atom. The van der Waals surface area contributed by atoms with E-state index in [0.29, 0.717) is 6.42 Å². The molecule has 0 aromatic rings. The number of unbranched alkanes of at least 4 members (excludes halogenated alkanes) is 12. The molecule has 0 aromatic heterocycles. The number of rotatable bonds is 15. The fourth-order valence-electron chi connectivity index (χ4n) is 2.41. The summed E-state index contributed by atoms with van der Waals surface area (Å²) in [5, 5.41) is 0. The van der Waals surface area contributed by atoms with Crippen molar-refractivity contribution in [3.63, 3.8) is 0 Å². The standard InChI is InChI=1S/C16H34N2OS/c17-18-16(19)14-12-10-8-6-4-2-1-3-5-7-9-11-13-15-20/h20H,1-15,17H2,(H,18,19). The SMILES string of the molecule is NNC(=O)CCCCCCCCCCCCCCCS. The Hall–Kier alpha value is -0.220. The molecule has 0 heterocycles. The van der Waals surface area contributed by atoms with Crippen molar-refractivity contribution in [1.29, 1.82) is 0 Å². The predicted molar refractivity (Wildman–Crippen MR) is 90.8 cm³/mol. The zero-order chi connectivity index (χ0) is 14.9. The lowest BCUT2D eigenvalue weighted by Gasteiger charge is -2.03. The highest BCUT2D eigenvalue weighted by atomic mass is 32.1. The van der Waals surface area contributed by atoms with Gasteiger partial charge in [-0.1, -0.05) is 70.6 Å². The van der Waals surface area contributed by atoms with Crippen LogP contribution in [0.15, 0.2) is 0 Å². The lowest BCUT2D eigenvalue weighted by molar-refractivity contribution is -0.121. The summed E-state index contributed by atoms with van der Waals surface area (Å²) in [4.78, 5) is 10.9. The van der Waals surface area contributed by atoms with E-state index in [1.807, 2.05) is 0 Å². The zero-order valence-corrected chi connectivity index (χ0v) is 13.9. The average Bonchev–Trinajstić information content (AvgIpc) is 2.47. The first-order valence-electron chi connectivity index (χ1n) is 8.41. The molecule has 0 atom stereocenters. The topological polar surface area (TPSA) is 55.1 Å². The van der Waals surface area contributed by atoms with Gasteiger partial charge in [-0.15, -0.1) is 0 Å². The number of thiol groups is 1. The van der Waals surface area contributed by atoms with Gasteiger partial charge in [0.25, 0.3) is 0 Å². The fourth-order valence-corrected chi connectivity index (χ4v) is 2.64. The molecule has 0 unspecified atom stereocenters. The molecule has 0 radical (unpaired) electrons. The van der Waals surface area contributed by atoms with Crippen molar-refractivity contribution in [2.75, 3.05) is 5.75 Å². The van der Waals surface area contributed by atoms with E-state index < -0.39 is 0 Å². The molecule has 0 spiro atoms. The minimum absolute atomic E-state index is 0.0423. The van der Waals surface area contributed by atoms with E-state index in [4.69, 9.17) is 5.84 Å². The minimum Gasteiger partial charge on any atom is -0.294 e. The molecule has 0 aliphatic carbocycles. The Labute approximate surface area is 130 Å². The monoisotopic (exact) mass is 302 g/mol. The van der Waals surface area contributed by atoms with Crippen LogP contribution in [-0.2, 0) is 4.79 Å². The number of hydrogen-bond donors (Lipinski definition) is 3. The summed E-state index contributed by atoms with van der Waals surface area (Å²) in [5.74, 6) is 6.02. The first kappa shape index (κ1) is 19.8. The third kappa shape index (κ3) is 15.8. The molecule has 20 heavy (non-hydrogen) atoms. The fraction of sp³-hybridized carbons (Fsp3) is 0.938. The van der Waals surface area contributed by atoms with Gasteiger partial charge >= 0.3 is 0 Å². The number of carbonyl (C=O) groups excluding carboxylic acids is 1. The summed E-state index contributed by atoms with van der Waals surface area (Å²) >= 11 is 4.22. The molecular formula is C16H34N2OS. The van der Waals surface area contributed by atoms with Gasteiger partial charge in [-0.3, -0.25) is 10.2 Å². The van der Waals surface area contributed by atoms with Crippen molar-refractivity contribution in [2.24, 2.45) is 5.84 Å². The van der Waals surface area contributed by atoms with Crippen LogP contribution in [0, 0.1) is 0 Å². The second-order valence-corrected chi connectivity index (χ2v) is 6.08. The van der Waals surface area contributed by atoms with Gasteiger partial charge in [-0.2, -0.15) is 12.6 Å². The molecule has 0 aromatic carbocycles. The molecule has 3 N–H and O–H groups in total. The average molecular weight is 303 g/mol. The highest BCUT2D eigenvalue weighted by molar-refractivity contribution is 7.80. The van der Waals surface area contributed by atoms with Crippen LogP contribution in [0.3, 0.4) is 0 Å². The Morgan fingerprint density at radius 2 is 1.05 bits per heavy atom. The first-order chi connectivity index (χ1) is 9.81. The van der Waals surface area contributed by atoms with E-state index in [1.54, 1.807) is 0 Å². The smallest absolute Gasteiger partial charge is 0.233 e. The van der Waals surface area contributed by atoms with Crippen molar-refractivity contribution < 1.29 is 4.79 Å². The van der Waals surface area contributed by atoms with E-state index in [2.05, 4.69) is 18.1 Å². The van der Waals surface area contributed by atoms with Gasteiger partial charge in [-0.05, 0) is 18.6 Å². The quantitative estimate of drug-likeness (QED) is 0.138. The van der Waals surface area contributed by atoms with Crippen LogP contribution in [0.2, 0.25) is 0 Å². The Kier molecular flexibility index (Phi) is 16.6. The molecule has 0 fully saturated rings. The highest BCUT2D eigenvalue weighted by Crippen LogP contribution is 2.12. The second kappa shape index (κ2) is 16.8. The van der Waals surface area contributed by atoms with Crippen LogP contribution in [0.5, 0.6) is 0 Å².